The topological polar surface area (TPSA) is 13.1 Å². The maximum atomic E-state index is 9.80. The van der Waals surface area contributed by atoms with E-state index in [0.717, 1.165) is 0 Å². The second-order valence-corrected chi connectivity index (χ2v) is 9.01. The minimum Gasteiger partial charge on any atom is -0.456 e. The van der Waals surface area contributed by atoms with Gasteiger partial charge in [-0.05, 0) is 89.5 Å². The van der Waals surface area contributed by atoms with E-state index in [1.807, 2.05) is 0 Å². The summed E-state index contributed by atoms with van der Waals surface area (Å²) in [5, 5.41) is -5.48. The van der Waals surface area contributed by atoms with Gasteiger partial charge in [0, 0.05) is 10.8 Å². The maximum Gasteiger partial charge on any atom is 0.136 e. The fourth-order valence-electron chi connectivity index (χ4n) is 5.11. The summed E-state index contributed by atoms with van der Waals surface area (Å²) in [4.78, 5) is 0. The van der Waals surface area contributed by atoms with E-state index in [9.17, 15) is 12.3 Å². The van der Waals surface area contributed by atoms with Crippen molar-refractivity contribution in [1.82, 2.24) is 0 Å². The largest absolute Gasteiger partial charge is 0.456 e. The average Bonchev–Trinajstić information content (AvgIpc) is 3.68. The zero-order valence-electron chi connectivity index (χ0n) is 44.4. The van der Waals surface area contributed by atoms with Gasteiger partial charge in [0.25, 0.3) is 0 Å². The molecule has 0 radical (unpaired) electrons. The molecule has 41 heavy (non-hydrogen) atoms. The molecule has 9 aromatic rings. The highest BCUT2D eigenvalue weighted by atomic mass is 16.3. The second kappa shape index (κ2) is 8.55. The SMILES string of the molecule is [2H]c1c(-c2c3c([2H])c([2H])c([2H])c([2H])c3c(-c3c([2H])c([2H])c4c([2H])c([2H])c([2H])c([2H])c4c3[2H])c3c([2H])c([2H])c([2H])c([2H])c23)c([2H])c2c(oc3c([2H])c([2H])c4c([2H])c([2H])c([2H])c([2H])c4c32)c1[2H]. The van der Waals surface area contributed by atoms with Gasteiger partial charge < -0.3 is 4.42 Å². The van der Waals surface area contributed by atoms with Gasteiger partial charge in [-0.25, -0.2) is 0 Å². The van der Waals surface area contributed by atoms with Crippen LogP contribution in [0.2, 0.25) is 0 Å². The van der Waals surface area contributed by atoms with Crippen LogP contribution in [0.3, 0.4) is 0 Å². The van der Waals surface area contributed by atoms with Crippen LogP contribution in [-0.4, -0.2) is 0 Å². The van der Waals surface area contributed by atoms with Crippen LogP contribution in [0.4, 0.5) is 0 Å². The van der Waals surface area contributed by atoms with Gasteiger partial charge in [0.15, 0.2) is 0 Å². The molecule has 1 heterocycles. The highest BCUT2D eigenvalue weighted by Gasteiger charge is 2.18. The fraction of sp³-hybridized carbons (Fsp3) is 0. The number of fused-ring (bicyclic) bond motifs is 8. The van der Waals surface area contributed by atoms with E-state index in [1.54, 1.807) is 0 Å². The van der Waals surface area contributed by atoms with Crippen LogP contribution in [0.5, 0.6) is 0 Å². The number of furan rings is 1. The standard InChI is InChI=1S/C40H24O/c1-2-11-27-23-28(18-17-25(27)9-1)38-31-13-5-7-15-33(31)39(34-16-8-6-14-32(34)38)29-20-21-36-35(24-29)40-30-12-4-3-10-26(30)19-22-37(40)41-36/h1-24H/i1D,2D,3D,4D,5D,6D,7D,8D,9D,10D,11D,12D,13D,14D,15D,16D,17D,18D,19D,20D,21D,22D,23D,24D. The minimum atomic E-state index is -0.941. The van der Waals surface area contributed by atoms with Gasteiger partial charge in [-0.1, -0.05) is 121 Å². The molecule has 0 atom stereocenters. The van der Waals surface area contributed by atoms with E-state index >= 15 is 0 Å². The molecule has 0 aliphatic heterocycles. The Kier molecular flexibility index (Phi) is 1.94. The van der Waals surface area contributed by atoms with E-state index in [0.29, 0.717) is 0 Å². The van der Waals surface area contributed by atoms with Crippen LogP contribution in [0.25, 0.3) is 87.3 Å². The summed E-state index contributed by atoms with van der Waals surface area (Å²) in [5.41, 5.74) is -3.84. The van der Waals surface area contributed by atoms with Crippen LogP contribution in [0, 0.1) is 0 Å². The molecule has 1 nitrogen and oxygen atoms in total. The molecule has 1 aromatic heterocycles. The Morgan fingerprint density at radius 3 is 1.54 bits per heavy atom. The minimum absolute atomic E-state index is 0.363. The van der Waals surface area contributed by atoms with Crippen molar-refractivity contribution in [2.75, 3.05) is 0 Å². The quantitative estimate of drug-likeness (QED) is 0.197. The van der Waals surface area contributed by atoms with Gasteiger partial charge in [0.1, 0.15) is 11.2 Å². The van der Waals surface area contributed by atoms with Gasteiger partial charge in [0.2, 0.25) is 0 Å². The summed E-state index contributed by atoms with van der Waals surface area (Å²) in [5.74, 6) is 0. The Labute approximate surface area is 270 Å². The molecule has 0 aliphatic carbocycles. The van der Waals surface area contributed by atoms with Crippen molar-refractivity contribution in [1.29, 1.82) is 0 Å². The van der Waals surface area contributed by atoms with Gasteiger partial charge >= 0.3 is 0 Å². The molecule has 0 spiro atoms. The fourth-order valence-corrected chi connectivity index (χ4v) is 5.11. The number of benzene rings is 8. The van der Waals surface area contributed by atoms with Crippen molar-refractivity contribution in [2.45, 2.75) is 0 Å². The maximum absolute atomic E-state index is 9.80. The zero-order chi connectivity index (χ0) is 47.8. The van der Waals surface area contributed by atoms with Gasteiger partial charge in [-0.2, -0.15) is 0 Å². The van der Waals surface area contributed by atoms with Crippen LogP contribution < -0.4 is 0 Å². The van der Waals surface area contributed by atoms with Crippen molar-refractivity contribution in [3.8, 4) is 22.3 Å². The predicted octanol–water partition coefficient (Wildman–Crippen LogP) is 11.5. The molecule has 0 unspecified atom stereocenters. The summed E-state index contributed by atoms with van der Waals surface area (Å²) < 4.78 is 220. The lowest BCUT2D eigenvalue weighted by Crippen LogP contribution is -1.91. The third-order valence-corrected chi connectivity index (χ3v) is 6.82. The molecule has 8 aromatic carbocycles. The van der Waals surface area contributed by atoms with Crippen molar-refractivity contribution >= 4 is 65.0 Å². The summed E-state index contributed by atoms with van der Waals surface area (Å²) in [7, 11) is 0. The Bertz CT molecular complexity index is 3740. The molecule has 0 N–H and O–H groups in total. The van der Waals surface area contributed by atoms with Crippen LogP contribution in [0.1, 0.15) is 32.9 Å². The Hall–Kier alpha value is -5.40. The number of rotatable bonds is 2. The summed E-state index contributed by atoms with van der Waals surface area (Å²) >= 11 is 0. The summed E-state index contributed by atoms with van der Waals surface area (Å²) in [6, 6.07) is -20.3. The highest BCUT2D eigenvalue weighted by Crippen LogP contribution is 2.45. The van der Waals surface area contributed by atoms with Gasteiger partial charge in [-0.15, -0.1) is 0 Å². The normalized spacial score (nSPS) is 20.1. The molecular weight excluding hydrogens is 496 g/mol. The predicted molar refractivity (Wildman–Crippen MR) is 175 cm³/mol. The van der Waals surface area contributed by atoms with Crippen molar-refractivity contribution < 1.29 is 37.3 Å². The van der Waals surface area contributed by atoms with E-state index in [2.05, 4.69) is 0 Å². The first-order valence-corrected chi connectivity index (χ1v) is 12.2. The molecule has 0 saturated heterocycles. The smallest absolute Gasteiger partial charge is 0.136 e. The molecule has 0 amide bonds. The average molecular weight is 545 g/mol. The van der Waals surface area contributed by atoms with Crippen LogP contribution in [0.15, 0.2) is 149 Å². The van der Waals surface area contributed by atoms with Crippen LogP contribution >= 0.6 is 0 Å². The van der Waals surface area contributed by atoms with E-state index in [-0.39, 0.29) is 5.39 Å². The lowest BCUT2D eigenvalue weighted by atomic mass is 9.85. The second-order valence-electron chi connectivity index (χ2n) is 9.01. The third-order valence-electron chi connectivity index (χ3n) is 6.82. The van der Waals surface area contributed by atoms with Gasteiger partial charge in [-0.3, -0.25) is 0 Å². The van der Waals surface area contributed by atoms with Gasteiger partial charge in [0.05, 0.1) is 32.9 Å². The molecule has 0 saturated carbocycles. The lowest BCUT2D eigenvalue weighted by molar-refractivity contribution is 0.669. The van der Waals surface area contributed by atoms with Crippen molar-refractivity contribution in [3.05, 3.63) is 145 Å². The van der Waals surface area contributed by atoms with E-state index < -0.39 is 227 Å². The van der Waals surface area contributed by atoms with Crippen molar-refractivity contribution in [2.24, 2.45) is 0 Å². The Balaban J connectivity index is 1.64. The summed E-state index contributed by atoms with van der Waals surface area (Å²) in [6.45, 7) is 0. The first-order valence-electron chi connectivity index (χ1n) is 24.2. The zero-order valence-corrected chi connectivity index (χ0v) is 20.4. The molecular formula is C40H24O. The Morgan fingerprint density at radius 2 is 0.854 bits per heavy atom. The molecule has 1 heteroatoms. The molecule has 0 fully saturated rings. The Morgan fingerprint density at radius 1 is 0.366 bits per heavy atom. The molecule has 190 valence electrons. The number of hydrogen-bond acceptors (Lipinski definition) is 1. The molecule has 9 rings (SSSR count). The third kappa shape index (κ3) is 3.30. The molecule has 0 bridgehead atoms. The van der Waals surface area contributed by atoms with Crippen LogP contribution in [-0.2, 0) is 0 Å². The van der Waals surface area contributed by atoms with E-state index in [1.165, 1.54) is 0 Å². The first-order chi connectivity index (χ1) is 30.3. The lowest BCUT2D eigenvalue weighted by Gasteiger charge is -2.18. The van der Waals surface area contributed by atoms with Crippen molar-refractivity contribution in [3.63, 3.8) is 0 Å². The van der Waals surface area contributed by atoms with E-state index in [4.69, 9.17) is 25.0 Å². The monoisotopic (exact) mass is 544 g/mol. The molecule has 0 aliphatic rings. The number of hydrogen-bond donors (Lipinski definition) is 0. The summed E-state index contributed by atoms with van der Waals surface area (Å²) in [6.07, 6.45) is 0. The highest BCUT2D eigenvalue weighted by molar-refractivity contribution is 6.24. The first kappa shape index (κ1) is 9.33.